The Bertz CT molecular complexity index is 3670. The molecule has 0 aliphatic rings. The Morgan fingerprint density at radius 1 is 0.282 bits per heavy atom. The molecule has 12 aromatic rings. The molecule has 0 unspecified atom stereocenters. The molecule has 71 heavy (non-hydrogen) atoms. The molecule has 338 valence electrons. The Hall–Kier alpha value is -8.99. The molecule has 0 saturated heterocycles. The van der Waals surface area contributed by atoms with Crippen molar-refractivity contribution in [2.75, 3.05) is 0 Å². The van der Waals surface area contributed by atoms with Crippen LogP contribution in [0.3, 0.4) is 0 Å². The van der Waals surface area contributed by atoms with Gasteiger partial charge in [-0.2, -0.15) is 0 Å². The minimum absolute atomic E-state index is 0.832. The molecule has 0 spiro atoms. The predicted molar refractivity (Wildman–Crippen MR) is 293 cm³/mol. The Morgan fingerprint density at radius 2 is 0.803 bits per heavy atom. The van der Waals surface area contributed by atoms with Gasteiger partial charge < -0.3 is 4.42 Å². The molecule has 4 heterocycles. The lowest BCUT2D eigenvalue weighted by Crippen LogP contribution is -1.98. The van der Waals surface area contributed by atoms with Crippen molar-refractivity contribution in [1.29, 1.82) is 0 Å². The van der Waals surface area contributed by atoms with Crippen LogP contribution in [0.25, 0.3) is 100 Å². The summed E-state index contributed by atoms with van der Waals surface area (Å²) in [4.78, 5) is 14.2. The highest BCUT2D eigenvalue weighted by molar-refractivity contribution is 6.11. The number of aryl methyl sites for hydroxylation is 4. The molecule has 0 bridgehead atoms. The summed E-state index contributed by atoms with van der Waals surface area (Å²) < 4.78 is 6.34. The van der Waals surface area contributed by atoms with Crippen LogP contribution in [0.4, 0.5) is 0 Å². The van der Waals surface area contributed by atoms with Crippen molar-refractivity contribution in [3.05, 3.63) is 271 Å². The summed E-state index contributed by atoms with van der Waals surface area (Å²) in [5.41, 5.74) is 22.6. The summed E-state index contributed by atoms with van der Waals surface area (Å²) in [5, 5.41) is 2.09. The summed E-state index contributed by atoms with van der Waals surface area (Å²) in [6, 6.07) is 82.8. The molecule has 0 amide bonds. The molecule has 12 rings (SSSR count). The van der Waals surface area contributed by atoms with E-state index in [1.807, 2.05) is 61.1 Å². The van der Waals surface area contributed by atoms with Crippen LogP contribution >= 0.6 is 0 Å². The first-order valence-corrected chi connectivity index (χ1v) is 24.5. The Balaban J connectivity index is 0.939. The lowest BCUT2D eigenvalue weighted by atomic mass is 9.86. The van der Waals surface area contributed by atoms with Crippen LogP contribution in [-0.4, -0.2) is 15.0 Å². The van der Waals surface area contributed by atoms with E-state index in [0.717, 1.165) is 98.1 Å². The van der Waals surface area contributed by atoms with E-state index in [9.17, 15) is 0 Å². The summed E-state index contributed by atoms with van der Waals surface area (Å²) >= 11 is 0. The van der Waals surface area contributed by atoms with Crippen LogP contribution in [0, 0.1) is 0 Å². The fraction of sp³-hybridized carbons (Fsp3) is 0.0597. The molecule has 4 nitrogen and oxygen atoms in total. The van der Waals surface area contributed by atoms with E-state index in [1.54, 1.807) is 0 Å². The second-order valence-electron chi connectivity index (χ2n) is 18.2. The van der Waals surface area contributed by atoms with Gasteiger partial charge in [0.15, 0.2) is 0 Å². The molecule has 0 fully saturated rings. The molecule has 4 heteroatoms. The van der Waals surface area contributed by atoms with Crippen molar-refractivity contribution < 1.29 is 4.42 Å². The third kappa shape index (κ3) is 9.19. The number of pyridine rings is 3. The third-order valence-corrected chi connectivity index (χ3v) is 13.7. The first-order chi connectivity index (χ1) is 35.2. The van der Waals surface area contributed by atoms with E-state index in [-0.39, 0.29) is 0 Å². The van der Waals surface area contributed by atoms with Crippen molar-refractivity contribution in [3.8, 4) is 78.3 Å². The minimum atomic E-state index is 0.832. The standard InChI is InChI=1S/C67H49N3O/c1-2-12-50(13-3-1)51-32-34-52(35-33-51)61-45-55(67-66-60-16-6-7-19-64(60)71-65(66)38-41-70-67)36-37-59(61)58-15-5-4-14-57(58)56-43-48(22-20-46-24-28-53(29-25-46)62-17-8-10-39-68-62)42-49(44-56)23-21-47-26-30-54(31-27-47)63-18-9-11-40-69-63/h1-19,24-45H,20-23H2. The molecule has 8 aromatic carbocycles. The number of hydrogen-bond acceptors (Lipinski definition) is 4. The van der Waals surface area contributed by atoms with Gasteiger partial charge in [-0.3, -0.25) is 15.0 Å². The van der Waals surface area contributed by atoms with Gasteiger partial charge in [0.1, 0.15) is 11.2 Å². The summed E-state index contributed by atoms with van der Waals surface area (Å²) in [7, 11) is 0. The van der Waals surface area contributed by atoms with Crippen molar-refractivity contribution >= 4 is 21.9 Å². The zero-order chi connectivity index (χ0) is 47.3. The van der Waals surface area contributed by atoms with E-state index in [2.05, 4.69) is 198 Å². The highest BCUT2D eigenvalue weighted by atomic mass is 16.3. The van der Waals surface area contributed by atoms with Crippen molar-refractivity contribution in [2.45, 2.75) is 25.7 Å². The Morgan fingerprint density at radius 3 is 1.45 bits per heavy atom. The van der Waals surface area contributed by atoms with Gasteiger partial charge in [0.25, 0.3) is 0 Å². The fourth-order valence-corrected chi connectivity index (χ4v) is 10.0. The van der Waals surface area contributed by atoms with Gasteiger partial charge in [-0.1, -0.05) is 188 Å². The normalized spacial score (nSPS) is 11.3. The number of fused-ring (bicyclic) bond motifs is 3. The number of furan rings is 1. The summed E-state index contributed by atoms with van der Waals surface area (Å²) in [6.07, 6.45) is 9.25. The monoisotopic (exact) mass is 911 g/mol. The van der Waals surface area contributed by atoms with Crippen LogP contribution < -0.4 is 0 Å². The maximum atomic E-state index is 6.34. The van der Waals surface area contributed by atoms with E-state index in [1.165, 1.54) is 50.1 Å². The number of para-hydroxylation sites is 1. The molecule has 4 aromatic heterocycles. The SMILES string of the molecule is c1ccc(-c2ccc(-c3cc(-c4nccc5oc6ccccc6c45)ccc3-c3ccccc3-c3cc(CCc4ccc(-c5ccccn5)cc4)cc(CCc4ccc(-c5ccccn5)cc4)c3)cc2)cc1. The molecule has 0 aliphatic heterocycles. The Labute approximate surface area is 414 Å². The molecule has 0 saturated carbocycles. The lowest BCUT2D eigenvalue weighted by Gasteiger charge is -2.18. The summed E-state index contributed by atoms with van der Waals surface area (Å²) in [6.45, 7) is 0. The molecular formula is C67H49N3O. The quantitative estimate of drug-likeness (QED) is 0.116. The first-order valence-electron chi connectivity index (χ1n) is 24.5. The van der Waals surface area contributed by atoms with E-state index >= 15 is 0 Å². The van der Waals surface area contributed by atoms with E-state index < -0.39 is 0 Å². The van der Waals surface area contributed by atoms with Gasteiger partial charge in [0, 0.05) is 40.7 Å². The minimum Gasteiger partial charge on any atom is -0.456 e. The molecule has 0 aliphatic carbocycles. The maximum absolute atomic E-state index is 6.34. The van der Waals surface area contributed by atoms with Crippen molar-refractivity contribution in [2.24, 2.45) is 0 Å². The predicted octanol–water partition coefficient (Wildman–Crippen LogP) is 17.0. The average Bonchev–Trinajstić information content (AvgIpc) is 3.84. The smallest absolute Gasteiger partial charge is 0.139 e. The molecule has 0 atom stereocenters. The van der Waals surface area contributed by atoms with Gasteiger partial charge in [-0.15, -0.1) is 0 Å². The first kappa shape index (κ1) is 43.3. The zero-order valence-electron chi connectivity index (χ0n) is 39.2. The second kappa shape index (κ2) is 19.6. The third-order valence-electron chi connectivity index (χ3n) is 13.7. The van der Waals surface area contributed by atoms with E-state index in [4.69, 9.17) is 9.40 Å². The topological polar surface area (TPSA) is 51.8 Å². The zero-order valence-corrected chi connectivity index (χ0v) is 39.2. The van der Waals surface area contributed by atoms with Crippen LogP contribution in [0.2, 0.25) is 0 Å². The molecular weight excluding hydrogens is 863 g/mol. The number of rotatable bonds is 13. The van der Waals surface area contributed by atoms with E-state index in [0.29, 0.717) is 0 Å². The van der Waals surface area contributed by atoms with Gasteiger partial charge in [-0.25, -0.2) is 0 Å². The van der Waals surface area contributed by atoms with Gasteiger partial charge >= 0.3 is 0 Å². The average molecular weight is 912 g/mol. The highest BCUT2D eigenvalue weighted by Gasteiger charge is 2.19. The number of benzene rings is 8. The number of aromatic nitrogens is 3. The van der Waals surface area contributed by atoms with Crippen molar-refractivity contribution in [3.63, 3.8) is 0 Å². The lowest BCUT2D eigenvalue weighted by molar-refractivity contribution is 0.668. The van der Waals surface area contributed by atoms with Gasteiger partial charge in [0.2, 0.25) is 0 Å². The van der Waals surface area contributed by atoms with Crippen LogP contribution in [-0.2, 0) is 25.7 Å². The van der Waals surface area contributed by atoms with Crippen LogP contribution in [0.5, 0.6) is 0 Å². The van der Waals surface area contributed by atoms with Crippen LogP contribution in [0.15, 0.2) is 254 Å². The summed E-state index contributed by atoms with van der Waals surface area (Å²) in [5.74, 6) is 0. The largest absolute Gasteiger partial charge is 0.456 e. The number of hydrogen-bond donors (Lipinski definition) is 0. The van der Waals surface area contributed by atoms with Crippen LogP contribution in [0.1, 0.15) is 22.3 Å². The second-order valence-corrected chi connectivity index (χ2v) is 18.2. The van der Waals surface area contributed by atoms with Gasteiger partial charge in [0.05, 0.1) is 22.5 Å². The molecule has 0 radical (unpaired) electrons. The Kier molecular flexibility index (Phi) is 11.9. The maximum Gasteiger partial charge on any atom is 0.139 e. The highest BCUT2D eigenvalue weighted by Crippen LogP contribution is 2.43. The van der Waals surface area contributed by atoms with Crippen molar-refractivity contribution in [1.82, 2.24) is 15.0 Å². The number of nitrogens with zero attached hydrogens (tertiary/aromatic N) is 3. The van der Waals surface area contributed by atoms with Gasteiger partial charge in [-0.05, 0) is 135 Å². The fourth-order valence-electron chi connectivity index (χ4n) is 10.0. The molecule has 0 N–H and O–H groups in total.